The molecule has 1 unspecified atom stereocenters. The molecule has 7 heteroatoms. The van der Waals surface area contributed by atoms with Crippen LogP contribution in [0.15, 0.2) is 109 Å². The van der Waals surface area contributed by atoms with E-state index in [1.165, 1.54) is 0 Å². The molecule has 0 bridgehead atoms. The summed E-state index contributed by atoms with van der Waals surface area (Å²) >= 11 is 6.22. The van der Waals surface area contributed by atoms with Gasteiger partial charge in [-0.2, -0.15) is 0 Å². The van der Waals surface area contributed by atoms with Gasteiger partial charge in [0.25, 0.3) is 5.91 Å². The van der Waals surface area contributed by atoms with Crippen molar-refractivity contribution in [2.45, 2.75) is 25.6 Å². The Hall–Kier alpha value is -4.16. The third kappa shape index (κ3) is 7.66. The standard InChI is InChI=1S/C30H28ClN3O3/c31-26-15-7-8-16-28(26)37-22-29(35)34(21-24-12-5-2-6-13-24)27(18-23-10-3-1-4-11-23)30(36)33-20-25-14-9-17-32-19-25/h1-17,19,27H,18,20-22H2,(H,33,36). The molecule has 1 heterocycles. The molecule has 0 spiro atoms. The summed E-state index contributed by atoms with van der Waals surface area (Å²) in [5, 5.41) is 3.41. The van der Waals surface area contributed by atoms with Crippen molar-refractivity contribution in [1.82, 2.24) is 15.2 Å². The van der Waals surface area contributed by atoms with E-state index in [2.05, 4.69) is 10.3 Å². The molecule has 0 radical (unpaired) electrons. The van der Waals surface area contributed by atoms with Crippen molar-refractivity contribution >= 4 is 23.4 Å². The van der Waals surface area contributed by atoms with Crippen molar-refractivity contribution in [1.29, 1.82) is 0 Å². The average molecular weight is 514 g/mol. The second kappa shape index (κ2) is 13.2. The molecule has 0 saturated carbocycles. The number of benzene rings is 3. The molecule has 0 aliphatic heterocycles. The van der Waals surface area contributed by atoms with Crippen LogP contribution in [0.25, 0.3) is 0 Å². The summed E-state index contributed by atoms with van der Waals surface area (Å²) in [5.74, 6) is -0.159. The molecular formula is C30H28ClN3O3. The quantitative estimate of drug-likeness (QED) is 0.304. The number of nitrogens with zero attached hydrogens (tertiary/aromatic N) is 2. The molecule has 0 aliphatic rings. The number of hydrogen-bond donors (Lipinski definition) is 1. The number of hydrogen-bond acceptors (Lipinski definition) is 4. The maximum atomic E-state index is 13.6. The van der Waals surface area contributed by atoms with Gasteiger partial charge in [0, 0.05) is 31.9 Å². The van der Waals surface area contributed by atoms with Gasteiger partial charge in [0.05, 0.1) is 5.02 Å². The molecule has 188 valence electrons. The van der Waals surface area contributed by atoms with Crippen LogP contribution in [0.3, 0.4) is 0 Å². The summed E-state index contributed by atoms with van der Waals surface area (Å²) in [6.45, 7) is 0.308. The summed E-state index contributed by atoms with van der Waals surface area (Å²) in [4.78, 5) is 32.9. The highest BCUT2D eigenvalue weighted by atomic mass is 35.5. The number of ether oxygens (including phenoxy) is 1. The van der Waals surface area contributed by atoms with Crippen LogP contribution in [0, 0.1) is 0 Å². The Morgan fingerprint density at radius 1 is 0.838 bits per heavy atom. The first kappa shape index (κ1) is 25.9. The highest BCUT2D eigenvalue weighted by Gasteiger charge is 2.30. The van der Waals surface area contributed by atoms with Crippen LogP contribution < -0.4 is 10.1 Å². The van der Waals surface area contributed by atoms with Crippen LogP contribution in [0.2, 0.25) is 5.02 Å². The Kier molecular flexibility index (Phi) is 9.27. The molecule has 3 aromatic carbocycles. The highest BCUT2D eigenvalue weighted by Crippen LogP contribution is 2.23. The molecule has 1 aromatic heterocycles. The number of carbonyl (C=O) groups is 2. The molecule has 37 heavy (non-hydrogen) atoms. The summed E-state index contributed by atoms with van der Waals surface area (Å²) in [7, 11) is 0. The molecule has 6 nitrogen and oxygen atoms in total. The van der Waals surface area contributed by atoms with Gasteiger partial charge in [0.1, 0.15) is 11.8 Å². The minimum Gasteiger partial charge on any atom is -0.482 e. The lowest BCUT2D eigenvalue weighted by Crippen LogP contribution is -2.51. The van der Waals surface area contributed by atoms with E-state index in [0.717, 1.165) is 16.7 Å². The van der Waals surface area contributed by atoms with Crippen LogP contribution in [0.1, 0.15) is 16.7 Å². The second-order valence-corrected chi connectivity index (χ2v) is 8.92. The maximum absolute atomic E-state index is 13.6. The molecule has 0 aliphatic carbocycles. The zero-order chi connectivity index (χ0) is 25.9. The topological polar surface area (TPSA) is 71.5 Å². The normalized spacial score (nSPS) is 11.4. The fourth-order valence-corrected chi connectivity index (χ4v) is 4.12. The van der Waals surface area contributed by atoms with Crippen molar-refractivity contribution in [3.63, 3.8) is 0 Å². The Labute approximate surface area is 221 Å². The summed E-state index contributed by atoms with van der Waals surface area (Å²) < 4.78 is 5.76. The van der Waals surface area contributed by atoms with Crippen LogP contribution >= 0.6 is 11.6 Å². The molecule has 4 aromatic rings. The molecule has 1 N–H and O–H groups in total. The van der Waals surface area contributed by atoms with Gasteiger partial charge >= 0.3 is 0 Å². The molecule has 4 rings (SSSR count). The van der Waals surface area contributed by atoms with Crippen molar-refractivity contribution in [2.24, 2.45) is 0 Å². The molecular weight excluding hydrogens is 486 g/mol. The van der Waals surface area contributed by atoms with Crippen molar-refractivity contribution in [2.75, 3.05) is 6.61 Å². The zero-order valence-electron chi connectivity index (χ0n) is 20.3. The predicted molar refractivity (Wildman–Crippen MR) is 144 cm³/mol. The minimum atomic E-state index is -0.762. The van der Waals surface area contributed by atoms with Gasteiger partial charge in [-0.25, -0.2) is 0 Å². The largest absolute Gasteiger partial charge is 0.482 e. The van der Waals surface area contributed by atoms with E-state index < -0.39 is 6.04 Å². The fraction of sp³-hybridized carbons (Fsp3) is 0.167. The third-order valence-electron chi connectivity index (χ3n) is 5.84. The first-order valence-electron chi connectivity index (χ1n) is 12.0. The number of para-hydroxylation sites is 1. The summed E-state index contributed by atoms with van der Waals surface area (Å²) in [6, 6.07) is 29.2. The van der Waals surface area contributed by atoms with E-state index >= 15 is 0 Å². The van der Waals surface area contributed by atoms with E-state index in [9.17, 15) is 9.59 Å². The van der Waals surface area contributed by atoms with Gasteiger partial charge in [0.15, 0.2) is 6.61 Å². The van der Waals surface area contributed by atoms with E-state index in [1.54, 1.807) is 41.6 Å². The molecule has 2 amide bonds. The van der Waals surface area contributed by atoms with Gasteiger partial charge in [-0.1, -0.05) is 90.5 Å². The fourth-order valence-electron chi connectivity index (χ4n) is 3.93. The maximum Gasteiger partial charge on any atom is 0.261 e. The Morgan fingerprint density at radius 3 is 2.16 bits per heavy atom. The van der Waals surface area contributed by atoms with Gasteiger partial charge in [-0.15, -0.1) is 0 Å². The van der Waals surface area contributed by atoms with Crippen molar-refractivity contribution in [3.05, 3.63) is 131 Å². The number of nitrogens with one attached hydrogen (secondary N) is 1. The molecule has 1 atom stereocenters. The lowest BCUT2D eigenvalue weighted by atomic mass is 10.0. The zero-order valence-corrected chi connectivity index (χ0v) is 21.1. The minimum absolute atomic E-state index is 0.252. The number of rotatable bonds is 11. The van der Waals surface area contributed by atoms with E-state index in [1.807, 2.05) is 72.8 Å². The van der Waals surface area contributed by atoms with Crippen LogP contribution in [0.5, 0.6) is 5.75 Å². The summed E-state index contributed by atoms with van der Waals surface area (Å²) in [5.41, 5.74) is 2.73. The second-order valence-electron chi connectivity index (χ2n) is 8.51. The van der Waals surface area contributed by atoms with Crippen molar-refractivity contribution < 1.29 is 14.3 Å². The van der Waals surface area contributed by atoms with Crippen LogP contribution in [-0.2, 0) is 29.1 Å². The summed E-state index contributed by atoms with van der Waals surface area (Å²) in [6.07, 6.45) is 3.74. The highest BCUT2D eigenvalue weighted by molar-refractivity contribution is 6.32. The molecule has 0 saturated heterocycles. The van der Waals surface area contributed by atoms with E-state index in [4.69, 9.17) is 16.3 Å². The average Bonchev–Trinajstić information content (AvgIpc) is 2.94. The first-order valence-corrected chi connectivity index (χ1v) is 12.4. The number of halogens is 1. The lowest BCUT2D eigenvalue weighted by molar-refractivity contribution is -0.142. The number of aromatic nitrogens is 1. The van der Waals surface area contributed by atoms with E-state index in [-0.39, 0.29) is 25.0 Å². The Morgan fingerprint density at radius 2 is 1.49 bits per heavy atom. The predicted octanol–water partition coefficient (Wildman–Crippen LogP) is 5.07. The Bertz CT molecular complexity index is 1290. The smallest absolute Gasteiger partial charge is 0.261 e. The van der Waals surface area contributed by atoms with Gasteiger partial charge < -0.3 is 15.0 Å². The van der Waals surface area contributed by atoms with Gasteiger partial charge in [-0.3, -0.25) is 14.6 Å². The van der Waals surface area contributed by atoms with Crippen molar-refractivity contribution in [3.8, 4) is 5.75 Å². The van der Waals surface area contributed by atoms with E-state index in [0.29, 0.717) is 23.7 Å². The lowest BCUT2D eigenvalue weighted by Gasteiger charge is -2.31. The molecule has 0 fully saturated rings. The third-order valence-corrected chi connectivity index (χ3v) is 6.16. The monoisotopic (exact) mass is 513 g/mol. The number of amides is 2. The SMILES string of the molecule is O=C(NCc1cccnc1)C(Cc1ccccc1)N(Cc1ccccc1)C(=O)COc1ccccc1Cl. The van der Waals surface area contributed by atoms with Gasteiger partial charge in [0.2, 0.25) is 5.91 Å². The van der Waals surface area contributed by atoms with Crippen LogP contribution in [0.4, 0.5) is 0 Å². The van der Waals surface area contributed by atoms with Gasteiger partial charge in [-0.05, 0) is 34.9 Å². The number of pyridine rings is 1. The number of carbonyl (C=O) groups excluding carboxylic acids is 2. The Balaban J connectivity index is 1.60. The van der Waals surface area contributed by atoms with Crippen LogP contribution in [-0.4, -0.2) is 34.3 Å². The first-order chi connectivity index (χ1) is 18.1.